The molecule has 1 aliphatic rings. The van der Waals surface area contributed by atoms with Crippen molar-refractivity contribution in [1.29, 1.82) is 0 Å². The van der Waals surface area contributed by atoms with Crippen LogP contribution in [0.1, 0.15) is 47.2 Å². The third kappa shape index (κ3) is 3.24. The fourth-order valence-electron chi connectivity index (χ4n) is 3.72. The monoisotopic (exact) mass is 438 g/mol. The van der Waals surface area contributed by atoms with E-state index in [4.69, 9.17) is 11.6 Å². The third-order valence-electron chi connectivity index (χ3n) is 5.25. The third-order valence-corrected chi connectivity index (χ3v) is 5.66. The molecule has 0 spiro atoms. The van der Waals surface area contributed by atoms with Crippen LogP contribution in [0.5, 0.6) is 0 Å². The second kappa shape index (κ2) is 7.42. The summed E-state index contributed by atoms with van der Waals surface area (Å²) in [4.78, 5) is 14.5. The second-order valence-corrected chi connectivity index (χ2v) is 7.31. The normalized spacial score (nSPS) is 16.6. The summed E-state index contributed by atoms with van der Waals surface area (Å²) >= 11 is 5.95. The highest BCUT2D eigenvalue weighted by atomic mass is 35.5. The molecule has 30 heavy (non-hydrogen) atoms. The number of alkyl halides is 3. The number of amides is 1. The first kappa shape index (κ1) is 20.4. The van der Waals surface area contributed by atoms with Gasteiger partial charge in [0.25, 0.3) is 5.91 Å². The number of nitrogens with zero attached hydrogens (tertiary/aromatic N) is 6. The molecule has 1 amide bonds. The number of aromatic nitrogens is 5. The molecule has 0 fully saturated rings. The summed E-state index contributed by atoms with van der Waals surface area (Å²) in [5.41, 5.74) is 0.232. The van der Waals surface area contributed by atoms with Gasteiger partial charge in [-0.3, -0.25) is 4.79 Å². The van der Waals surface area contributed by atoms with Gasteiger partial charge in [-0.15, -0.1) is 5.10 Å². The average molecular weight is 439 g/mol. The van der Waals surface area contributed by atoms with Crippen molar-refractivity contribution in [3.63, 3.8) is 0 Å². The predicted molar refractivity (Wildman–Crippen MR) is 102 cm³/mol. The standard InChI is InChI=1S/C19H18ClF3N6O/c1-3-28-15(7-9-24-28)29-14-8-10-27(11(2)17(14)25-26-29)18(30)12-5-4-6-13(16(12)20)19(21,22)23/h4-7,9,11H,3,8,10H2,1-2H3/t11-/m0/s1. The predicted octanol–water partition coefficient (Wildman–Crippen LogP) is 3.92. The minimum atomic E-state index is -4.64. The molecule has 0 saturated heterocycles. The molecule has 0 N–H and O–H groups in total. The molecule has 158 valence electrons. The molecule has 0 saturated carbocycles. The van der Waals surface area contributed by atoms with E-state index in [0.717, 1.165) is 17.6 Å². The van der Waals surface area contributed by atoms with Gasteiger partial charge in [-0.1, -0.05) is 22.9 Å². The SMILES string of the molecule is CCn1nccc1-n1nnc2c1CCN(C(=O)c1cccc(C(F)(F)F)c1Cl)[C@H]2C. The topological polar surface area (TPSA) is 68.8 Å². The van der Waals surface area contributed by atoms with Crippen molar-refractivity contribution in [2.45, 2.75) is 39.0 Å². The van der Waals surface area contributed by atoms with Crippen molar-refractivity contribution < 1.29 is 18.0 Å². The minimum Gasteiger partial charge on any atom is -0.330 e. The largest absolute Gasteiger partial charge is 0.417 e. The number of rotatable bonds is 3. The Morgan fingerprint density at radius 2 is 2.07 bits per heavy atom. The van der Waals surface area contributed by atoms with Crippen LogP contribution in [0.15, 0.2) is 30.5 Å². The van der Waals surface area contributed by atoms with Gasteiger partial charge < -0.3 is 4.90 Å². The molecule has 0 unspecified atom stereocenters. The van der Waals surface area contributed by atoms with E-state index in [-0.39, 0.29) is 5.56 Å². The highest BCUT2D eigenvalue weighted by Gasteiger charge is 2.37. The van der Waals surface area contributed by atoms with Crippen molar-refractivity contribution in [2.75, 3.05) is 6.54 Å². The smallest absolute Gasteiger partial charge is 0.330 e. The quantitative estimate of drug-likeness (QED) is 0.621. The maximum absolute atomic E-state index is 13.2. The maximum atomic E-state index is 13.2. The minimum absolute atomic E-state index is 0.182. The van der Waals surface area contributed by atoms with Crippen LogP contribution in [-0.4, -0.2) is 42.1 Å². The van der Waals surface area contributed by atoms with Gasteiger partial charge in [0.1, 0.15) is 5.69 Å². The molecule has 7 nitrogen and oxygen atoms in total. The Hall–Kier alpha value is -2.88. The Balaban J connectivity index is 1.67. The zero-order chi connectivity index (χ0) is 21.6. The van der Waals surface area contributed by atoms with Crippen LogP contribution in [0.25, 0.3) is 5.82 Å². The van der Waals surface area contributed by atoms with E-state index < -0.39 is 28.7 Å². The van der Waals surface area contributed by atoms with Gasteiger partial charge in [0, 0.05) is 25.6 Å². The lowest BCUT2D eigenvalue weighted by Gasteiger charge is -2.33. The van der Waals surface area contributed by atoms with Gasteiger partial charge in [-0.05, 0) is 26.0 Å². The van der Waals surface area contributed by atoms with Crippen LogP contribution in [0, 0.1) is 0 Å². The van der Waals surface area contributed by atoms with Crippen LogP contribution in [0.4, 0.5) is 13.2 Å². The van der Waals surface area contributed by atoms with E-state index in [1.54, 1.807) is 22.5 Å². The van der Waals surface area contributed by atoms with Crippen LogP contribution in [-0.2, 0) is 19.1 Å². The van der Waals surface area contributed by atoms with E-state index in [0.29, 0.717) is 25.2 Å². The van der Waals surface area contributed by atoms with Crippen molar-refractivity contribution >= 4 is 17.5 Å². The molecule has 1 aliphatic heterocycles. The van der Waals surface area contributed by atoms with Crippen molar-refractivity contribution in [2.24, 2.45) is 0 Å². The van der Waals surface area contributed by atoms with E-state index in [1.807, 2.05) is 13.0 Å². The fourth-order valence-corrected chi connectivity index (χ4v) is 4.03. The summed E-state index contributed by atoms with van der Waals surface area (Å²) in [5.74, 6) is 0.191. The number of carbonyl (C=O) groups excluding carboxylic acids is 1. The zero-order valence-corrected chi connectivity index (χ0v) is 16.9. The first-order valence-electron chi connectivity index (χ1n) is 9.37. The summed E-state index contributed by atoms with van der Waals surface area (Å²) in [5, 5.41) is 12.1. The highest BCUT2D eigenvalue weighted by molar-refractivity contribution is 6.34. The molecule has 4 rings (SSSR count). The fraction of sp³-hybridized carbons (Fsp3) is 0.368. The van der Waals surface area contributed by atoms with Gasteiger partial charge in [0.15, 0.2) is 5.82 Å². The lowest BCUT2D eigenvalue weighted by atomic mass is 10.0. The van der Waals surface area contributed by atoms with E-state index in [1.165, 1.54) is 17.0 Å². The molecule has 0 radical (unpaired) electrons. The lowest BCUT2D eigenvalue weighted by molar-refractivity contribution is -0.137. The molecule has 0 bridgehead atoms. The average Bonchev–Trinajstić information content (AvgIpc) is 3.33. The number of carbonyl (C=O) groups is 1. The Kier molecular flexibility index (Phi) is 5.05. The number of hydrogen-bond donors (Lipinski definition) is 0. The number of halogens is 4. The number of hydrogen-bond acceptors (Lipinski definition) is 4. The molecule has 11 heteroatoms. The van der Waals surface area contributed by atoms with Crippen LogP contribution >= 0.6 is 11.6 Å². The number of aryl methyl sites for hydroxylation is 1. The van der Waals surface area contributed by atoms with E-state index in [2.05, 4.69) is 15.4 Å². The molecule has 2 aromatic heterocycles. The zero-order valence-electron chi connectivity index (χ0n) is 16.2. The van der Waals surface area contributed by atoms with Gasteiger partial charge in [-0.2, -0.15) is 23.0 Å². The molecular weight excluding hydrogens is 421 g/mol. The maximum Gasteiger partial charge on any atom is 0.417 e. The Labute approximate surface area is 175 Å². The summed E-state index contributed by atoms with van der Waals surface area (Å²) in [6.07, 6.45) is -2.52. The lowest BCUT2D eigenvalue weighted by Crippen LogP contribution is -2.39. The summed E-state index contributed by atoms with van der Waals surface area (Å²) in [6.45, 7) is 4.69. The summed E-state index contributed by atoms with van der Waals surface area (Å²) in [6, 6.07) is 4.70. The Bertz CT molecular complexity index is 1110. The molecule has 0 aliphatic carbocycles. The van der Waals surface area contributed by atoms with Gasteiger partial charge in [0.05, 0.1) is 34.1 Å². The van der Waals surface area contributed by atoms with Crippen molar-refractivity contribution in [3.05, 3.63) is 58.0 Å². The van der Waals surface area contributed by atoms with E-state index in [9.17, 15) is 18.0 Å². The second-order valence-electron chi connectivity index (χ2n) is 6.93. The summed E-state index contributed by atoms with van der Waals surface area (Å²) in [7, 11) is 0. The van der Waals surface area contributed by atoms with Crippen molar-refractivity contribution in [1.82, 2.24) is 29.7 Å². The molecule has 3 heterocycles. The molecular formula is C19H18ClF3N6O. The van der Waals surface area contributed by atoms with E-state index >= 15 is 0 Å². The van der Waals surface area contributed by atoms with Crippen molar-refractivity contribution in [3.8, 4) is 5.82 Å². The molecule has 3 aromatic rings. The highest BCUT2D eigenvalue weighted by Crippen LogP contribution is 2.38. The molecule has 1 aromatic carbocycles. The first-order valence-corrected chi connectivity index (χ1v) is 9.75. The first-order chi connectivity index (χ1) is 14.2. The van der Waals surface area contributed by atoms with Gasteiger partial charge >= 0.3 is 6.18 Å². The van der Waals surface area contributed by atoms with Crippen LogP contribution in [0.3, 0.4) is 0 Å². The number of benzene rings is 1. The number of fused-ring (bicyclic) bond motifs is 1. The van der Waals surface area contributed by atoms with Gasteiger partial charge in [0.2, 0.25) is 0 Å². The Morgan fingerprint density at radius 1 is 1.30 bits per heavy atom. The Morgan fingerprint density at radius 3 is 2.77 bits per heavy atom. The summed E-state index contributed by atoms with van der Waals surface area (Å²) < 4.78 is 43.0. The van der Waals surface area contributed by atoms with Crippen LogP contribution < -0.4 is 0 Å². The van der Waals surface area contributed by atoms with Crippen LogP contribution in [0.2, 0.25) is 5.02 Å². The molecule has 1 atom stereocenters. The van der Waals surface area contributed by atoms with Gasteiger partial charge in [-0.25, -0.2) is 4.68 Å².